The summed E-state index contributed by atoms with van der Waals surface area (Å²) in [6.07, 6.45) is -4.02. The Kier molecular flexibility index (Phi) is 4.55. The standard InChI is InChI=1S/C9H15F3N2O2/c10-9(11,12)8(15)14-4-7(5-14)6-16-3-1-2-13/h7H,1-6,13H2. The number of likely N-dealkylation sites (tertiary alicyclic amines) is 1. The van der Waals surface area contributed by atoms with Crippen molar-refractivity contribution in [2.24, 2.45) is 11.7 Å². The van der Waals surface area contributed by atoms with E-state index >= 15 is 0 Å². The molecule has 1 aliphatic rings. The van der Waals surface area contributed by atoms with Gasteiger partial charge in [0.15, 0.2) is 0 Å². The number of ether oxygens (including phenoxy) is 1. The molecule has 0 bridgehead atoms. The van der Waals surface area contributed by atoms with Crippen molar-refractivity contribution in [3.05, 3.63) is 0 Å². The van der Waals surface area contributed by atoms with E-state index in [1.165, 1.54) is 0 Å². The summed E-state index contributed by atoms with van der Waals surface area (Å²) in [5.74, 6) is -1.74. The summed E-state index contributed by atoms with van der Waals surface area (Å²) in [4.78, 5) is 11.5. The molecule has 0 saturated carbocycles. The van der Waals surface area contributed by atoms with E-state index in [0.29, 0.717) is 19.8 Å². The van der Waals surface area contributed by atoms with Gasteiger partial charge in [-0.05, 0) is 13.0 Å². The van der Waals surface area contributed by atoms with Gasteiger partial charge in [-0.15, -0.1) is 0 Å². The summed E-state index contributed by atoms with van der Waals surface area (Å²) in [5, 5.41) is 0. The summed E-state index contributed by atoms with van der Waals surface area (Å²) in [6.45, 7) is 1.69. The van der Waals surface area contributed by atoms with Crippen molar-refractivity contribution >= 4 is 5.91 Å². The van der Waals surface area contributed by atoms with Crippen LogP contribution < -0.4 is 5.73 Å². The fourth-order valence-electron chi connectivity index (χ4n) is 1.46. The Morgan fingerprint density at radius 3 is 2.56 bits per heavy atom. The van der Waals surface area contributed by atoms with Gasteiger partial charge in [-0.3, -0.25) is 4.79 Å². The van der Waals surface area contributed by atoms with Gasteiger partial charge >= 0.3 is 12.1 Å². The zero-order chi connectivity index (χ0) is 12.2. The third-order valence-electron chi connectivity index (χ3n) is 2.33. The summed E-state index contributed by atoms with van der Waals surface area (Å²) in [5.41, 5.74) is 5.24. The molecule has 0 atom stereocenters. The molecule has 0 spiro atoms. The van der Waals surface area contributed by atoms with Crippen LogP contribution in [0.2, 0.25) is 0 Å². The Hall–Kier alpha value is -0.820. The highest BCUT2D eigenvalue weighted by Gasteiger charge is 2.46. The van der Waals surface area contributed by atoms with Crippen LogP contribution in [0.4, 0.5) is 13.2 Å². The van der Waals surface area contributed by atoms with Crippen molar-refractivity contribution in [3.63, 3.8) is 0 Å². The van der Waals surface area contributed by atoms with Gasteiger partial charge in [0.05, 0.1) is 6.61 Å². The normalized spacial score (nSPS) is 17.4. The van der Waals surface area contributed by atoms with Crippen LogP contribution in [0.3, 0.4) is 0 Å². The lowest BCUT2D eigenvalue weighted by Gasteiger charge is -2.39. The monoisotopic (exact) mass is 240 g/mol. The Balaban J connectivity index is 2.11. The van der Waals surface area contributed by atoms with E-state index in [1.807, 2.05) is 0 Å². The molecule has 0 aromatic heterocycles. The summed E-state index contributed by atoms with van der Waals surface area (Å²) in [7, 11) is 0. The highest BCUT2D eigenvalue weighted by atomic mass is 19.4. The Morgan fingerprint density at radius 1 is 1.44 bits per heavy atom. The quantitative estimate of drug-likeness (QED) is 0.706. The van der Waals surface area contributed by atoms with E-state index in [0.717, 1.165) is 11.3 Å². The van der Waals surface area contributed by atoms with Gasteiger partial charge in [-0.2, -0.15) is 13.2 Å². The Bertz CT molecular complexity index is 239. The van der Waals surface area contributed by atoms with Crippen LogP contribution in [0.15, 0.2) is 0 Å². The molecule has 0 aromatic rings. The van der Waals surface area contributed by atoms with Gasteiger partial charge in [-0.25, -0.2) is 0 Å². The maximum atomic E-state index is 12.0. The fourth-order valence-corrected chi connectivity index (χ4v) is 1.46. The van der Waals surface area contributed by atoms with Crippen LogP contribution in [0.5, 0.6) is 0 Å². The largest absolute Gasteiger partial charge is 0.471 e. The minimum atomic E-state index is -4.76. The van der Waals surface area contributed by atoms with Gasteiger partial charge in [0.25, 0.3) is 0 Å². The number of hydrogen-bond donors (Lipinski definition) is 1. The first-order chi connectivity index (χ1) is 7.45. The van der Waals surface area contributed by atoms with Crippen molar-refractivity contribution in [2.75, 3.05) is 32.8 Å². The minimum absolute atomic E-state index is 0.0177. The van der Waals surface area contributed by atoms with E-state index in [4.69, 9.17) is 10.5 Å². The third-order valence-corrected chi connectivity index (χ3v) is 2.33. The van der Waals surface area contributed by atoms with Crippen LogP contribution in [-0.2, 0) is 9.53 Å². The number of nitrogens with two attached hydrogens (primary N) is 1. The number of halogens is 3. The van der Waals surface area contributed by atoms with Crippen LogP contribution in [0.25, 0.3) is 0 Å². The first-order valence-electron chi connectivity index (χ1n) is 5.09. The average molecular weight is 240 g/mol. The third kappa shape index (κ3) is 3.64. The number of nitrogens with zero attached hydrogens (tertiary/aromatic N) is 1. The highest BCUT2D eigenvalue weighted by molar-refractivity contribution is 5.82. The number of carbonyl (C=O) groups is 1. The number of alkyl halides is 3. The smallest absolute Gasteiger partial charge is 0.381 e. The Morgan fingerprint density at radius 2 is 2.06 bits per heavy atom. The maximum Gasteiger partial charge on any atom is 0.471 e. The molecule has 0 aromatic carbocycles. The van der Waals surface area contributed by atoms with E-state index in [9.17, 15) is 18.0 Å². The first-order valence-corrected chi connectivity index (χ1v) is 5.09. The molecule has 1 rings (SSSR count). The van der Waals surface area contributed by atoms with E-state index in [2.05, 4.69) is 0 Å². The molecule has 1 heterocycles. The molecule has 4 nitrogen and oxygen atoms in total. The van der Waals surface area contributed by atoms with Crippen molar-refractivity contribution in [2.45, 2.75) is 12.6 Å². The summed E-state index contributed by atoms with van der Waals surface area (Å²) < 4.78 is 41.1. The second kappa shape index (κ2) is 5.49. The molecule has 0 aliphatic carbocycles. The van der Waals surface area contributed by atoms with Crippen molar-refractivity contribution in [1.82, 2.24) is 4.90 Å². The van der Waals surface area contributed by atoms with E-state index in [-0.39, 0.29) is 19.0 Å². The predicted octanol–water partition coefficient (Wildman–Crippen LogP) is 0.373. The molecule has 7 heteroatoms. The molecule has 1 fully saturated rings. The molecule has 0 radical (unpaired) electrons. The number of rotatable bonds is 5. The highest BCUT2D eigenvalue weighted by Crippen LogP contribution is 2.24. The van der Waals surface area contributed by atoms with Crippen LogP contribution in [-0.4, -0.2) is 49.8 Å². The molecule has 94 valence electrons. The SMILES string of the molecule is NCCCOCC1CN(C(=O)C(F)(F)F)C1. The second-order valence-electron chi connectivity index (χ2n) is 3.79. The topological polar surface area (TPSA) is 55.6 Å². The average Bonchev–Trinajstić information content (AvgIpc) is 2.12. The van der Waals surface area contributed by atoms with Crippen molar-refractivity contribution in [3.8, 4) is 0 Å². The van der Waals surface area contributed by atoms with Gasteiger partial charge < -0.3 is 15.4 Å². The molecule has 0 unspecified atom stereocenters. The molecule has 1 aliphatic heterocycles. The molecular weight excluding hydrogens is 225 g/mol. The molecule has 2 N–H and O–H groups in total. The van der Waals surface area contributed by atoms with Gasteiger partial charge in [0.1, 0.15) is 0 Å². The van der Waals surface area contributed by atoms with E-state index in [1.54, 1.807) is 0 Å². The zero-order valence-electron chi connectivity index (χ0n) is 8.79. The lowest BCUT2D eigenvalue weighted by Crippen LogP contribution is -2.55. The van der Waals surface area contributed by atoms with Gasteiger partial charge in [0, 0.05) is 25.6 Å². The lowest BCUT2D eigenvalue weighted by atomic mass is 10.0. The molecule has 1 amide bonds. The number of amides is 1. The van der Waals surface area contributed by atoms with Crippen LogP contribution in [0.1, 0.15) is 6.42 Å². The first kappa shape index (κ1) is 13.2. The molecule has 16 heavy (non-hydrogen) atoms. The van der Waals surface area contributed by atoms with Gasteiger partial charge in [-0.1, -0.05) is 0 Å². The van der Waals surface area contributed by atoms with Gasteiger partial charge in [0.2, 0.25) is 0 Å². The lowest BCUT2D eigenvalue weighted by molar-refractivity contribution is -0.192. The maximum absolute atomic E-state index is 12.0. The van der Waals surface area contributed by atoms with Crippen LogP contribution >= 0.6 is 0 Å². The zero-order valence-corrected chi connectivity index (χ0v) is 8.79. The van der Waals surface area contributed by atoms with E-state index < -0.39 is 12.1 Å². The number of carbonyl (C=O) groups excluding carboxylic acids is 1. The second-order valence-corrected chi connectivity index (χ2v) is 3.79. The summed E-state index contributed by atoms with van der Waals surface area (Å²) in [6, 6.07) is 0. The minimum Gasteiger partial charge on any atom is -0.381 e. The van der Waals surface area contributed by atoms with Crippen LogP contribution in [0, 0.1) is 5.92 Å². The van der Waals surface area contributed by atoms with Crippen molar-refractivity contribution < 1.29 is 22.7 Å². The molecular formula is C9H15F3N2O2. The summed E-state index contributed by atoms with van der Waals surface area (Å²) >= 11 is 0. The van der Waals surface area contributed by atoms with Crippen molar-refractivity contribution in [1.29, 1.82) is 0 Å². The fraction of sp³-hybridized carbons (Fsp3) is 0.889. The molecule has 1 saturated heterocycles. The number of hydrogen-bond acceptors (Lipinski definition) is 3. The predicted molar refractivity (Wildman–Crippen MR) is 50.6 cm³/mol. The Labute approximate surface area is 91.5 Å².